The summed E-state index contributed by atoms with van der Waals surface area (Å²) < 4.78 is 34.6. The lowest BCUT2D eigenvalue weighted by Crippen LogP contribution is -2.29. The summed E-state index contributed by atoms with van der Waals surface area (Å²) in [5.41, 5.74) is 3.33. The van der Waals surface area contributed by atoms with Crippen LogP contribution in [0.4, 0.5) is 4.39 Å². The second-order valence-corrected chi connectivity index (χ2v) is 21.2. The molecule has 448 valence electrons. The van der Waals surface area contributed by atoms with Crippen LogP contribution in [0, 0.1) is 5.95 Å². The molecule has 0 saturated heterocycles. The fourth-order valence-corrected chi connectivity index (χ4v) is 7.88. The van der Waals surface area contributed by atoms with E-state index in [0.29, 0.717) is 96.8 Å². The lowest BCUT2D eigenvalue weighted by Gasteiger charge is -2.09. The molecule has 0 aliphatic rings. The third-order valence-corrected chi connectivity index (χ3v) is 13.6. The first-order valence-corrected chi connectivity index (χ1v) is 28.3. The number of phenols is 1. The molecule has 0 radical (unpaired) electrons. The summed E-state index contributed by atoms with van der Waals surface area (Å²) in [6.45, 7) is -0.142. The molecule has 0 saturated carbocycles. The van der Waals surface area contributed by atoms with E-state index in [4.69, 9.17) is 80.9 Å². The van der Waals surface area contributed by atoms with Gasteiger partial charge in [0, 0.05) is 115 Å². The first kappa shape index (κ1) is 70.0. The van der Waals surface area contributed by atoms with Gasteiger partial charge in [0.15, 0.2) is 25.1 Å². The molecule has 0 bridgehead atoms. The summed E-state index contributed by atoms with van der Waals surface area (Å²) in [5.74, 6) is 2.69. The summed E-state index contributed by atoms with van der Waals surface area (Å²) in [4.78, 5) is 66.5. The second-order valence-electron chi connectivity index (χ2n) is 16.8. The van der Waals surface area contributed by atoms with E-state index in [-0.39, 0.29) is 41.6 Å². The van der Waals surface area contributed by atoms with Crippen LogP contribution in [-0.4, -0.2) is 96.7 Å². The number of benzene rings is 4. The number of carbonyl (C=O) groups excluding carboxylic acids is 4. The number of carbonyl (C=O) groups is 4. The number of aliphatic hydroxyl groups is 2. The van der Waals surface area contributed by atoms with Crippen molar-refractivity contribution < 1.29 is 63.1 Å². The molecule has 0 aliphatic carbocycles. The average Bonchev–Trinajstić information content (AvgIpc) is 3.77. The number of nitrogens with zero attached hydrogens (tertiary/aromatic N) is 8. The van der Waals surface area contributed by atoms with Crippen LogP contribution in [0.1, 0.15) is 53.1 Å². The molecular weight excluding hydrogens is 1410 g/mol. The maximum absolute atomic E-state index is 12.0. The van der Waals surface area contributed by atoms with Gasteiger partial charge in [-0.2, -0.15) is 4.39 Å². The van der Waals surface area contributed by atoms with E-state index in [9.17, 15) is 28.7 Å². The number of phenolic OH excluding ortho intramolecular Hbond substituents is 1. The lowest BCUT2D eigenvalue weighted by molar-refractivity contribution is 0.111. The maximum Gasteiger partial charge on any atom is 0.490 e. The zero-order chi connectivity index (χ0) is 63.6. The summed E-state index contributed by atoms with van der Waals surface area (Å²) in [6, 6.07) is 31.4. The second kappa shape index (κ2) is 35.7. The van der Waals surface area contributed by atoms with Crippen LogP contribution in [0.15, 0.2) is 172 Å². The number of aromatic nitrogens is 8. The Morgan fingerprint density at radius 1 is 0.494 bits per heavy atom. The van der Waals surface area contributed by atoms with Crippen molar-refractivity contribution >= 4 is 132 Å². The molecule has 10 aromatic rings. The van der Waals surface area contributed by atoms with Gasteiger partial charge in [-0.05, 0) is 127 Å². The van der Waals surface area contributed by atoms with E-state index in [0.717, 1.165) is 24.8 Å². The number of aldehydes is 4. The minimum atomic E-state index is -1.58. The topological polar surface area (TPSA) is 284 Å². The van der Waals surface area contributed by atoms with E-state index < -0.39 is 13.1 Å². The standard InChI is InChI=1S/C17H14ClN3O3.C12H9BClNO4.C12H7BrClNO2.C7H5ClO2.C5H3BrFN.C5H7BrN2O/c1-21-14(8-19-16(21)10-23)11-3-5-17(20-7-11)24-15-6-13(18)4-2-12(15)9-22;14-10-3-1-8(7-16)11(5-10)19-12-4-2-9(6-15-12)13(17)18;13-9-2-4-12(15-6-9)17-11-5-10(14)3-1-8(11)7-16;8-6-2-1-5(4-9)7(10)3-6;6-4-1-2-5(7)8-3-4;1-8-4(6)2-7-5(8)3-9/h2-9,23H,10H2,1H3;1-7,17-18H;1-7H;1-4,10H;1-3H;2,9H,3H2,1H3. The number of ether oxygens (including phenoxy) is 3. The normalized spacial score (nSPS) is 10.0. The Hall–Kier alpha value is -7.79. The molecule has 0 unspecified atom stereocenters. The largest absolute Gasteiger partial charge is 0.507 e. The van der Waals surface area contributed by atoms with Crippen molar-refractivity contribution in [3.8, 4) is 51.9 Å². The monoisotopic (exact) mass is 1450 g/mol. The van der Waals surface area contributed by atoms with Crippen LogP contribution >= 0.6 is 94.2 Å². The van der Waals surface area contributed by atoms with Gasteiger partial charge >= 0.3 is 7.12 Å². The zero-order valence-electron chi connectivity index (χ0n) is 45.0. The third-order valence-electron chi connectivity index (χ3n) is 10.9. The quantitative estimate of drug-likeness (QED) is 0.0384. The first-order chi connectivity index (χ1) is 41.7. The van der Waals surface area contributed by atoms with E-state index in [1.165, 1.54) is 54.9 Å². The average molecular weight is 1460 g/mol. The summed E-state index contributed by atoms with van der Waals surface area (Å²) in [6.07, 6.45) is 11.9. The van der Waals surface area contributed by atoms with Crippen molar-refractivity contribution in [2.75, 3.05) is 0 Å². The molecule has 0 amide bonds. The van der Waals surface area contributed by atoms with Crippen molar-refractivity contribution in [2.45, 2.75) is 13.2 Å². The molecule has 6 aromatic heterocycles. The van der Waals surface area contributed by atoms with E-state index in [1.807, 2.05) is 20.2 Å². The highest BCUT2D eigenvalue weighted by Crippen LogP contribution is 2.30. The van der Waals surface area contributed by atoms with Crippen LogP contribution in [-0.2, 0) is 27.3 Å². The van der Waals surface area contributed by atoms with Crippen LogP contribution < -0.4 is 19.7 Å². The Bertz CT molecular complexity index is 3860. The molecule has 87 heavy (non-hydrogen) atoms. The number of imidazole rings is 2. The SMILES string of the molecule is Cn1c(-c2ccc(Oc3cc(Cl)ccc3C=O)nc2)cnc1CO.Cn1c(Br)cnc1CO.Fc1ccc(Br)cn1.O=Cc1ccc(Cl)cc1O.O=Cc1ccc(Cl)cc1Oc1ccc(B(O)O)cn1.O=Cc1ccc(Cl)cc1Oc1ccc(Br)cn1. The highest BCUT2D eigenvalue weighted by Gasteiger charge is 2.14. The summed E-state index contributed by atoms with van der Waals surface area (Å²) >= 11 is 32.7. The third kappa shape index (κ3) is 22.5. The van der Waals surface area contributed by atoms with Crippen LogP contribution in [0.2, 0.25) is 20.1 Å². The van der Waals surface area contributed by atoms with Crippen molar-refractivity contribution in [3.05, 3.63) is 232 Å². The Kier molecular flexibility index (Phi) is 28.8. The Morgan fingerprint density at radius 3 is 1.24 bits per heavy atom. The molecule has 10 rings (SSSR count). The molecule has 20 nitrogen and oxygen atoms in total. The summed E-state index contributed by atoms with van der Waals surface area (Å²) in [5, 5.41) is 46.5. The molecule has 0 aliphatic heterocycles. The fourth-order valence-electron chi connectivity index (χ4n) is 6.45. The van der Waals surface area contributed by atoms with Crippen molar-refractivity contribution in [2.24, 2.45) is 14.1 Å². The molecule has 4 aromatic carbocycles. The van der Waals surface area contributed by atoms with Crippen LogP contribution in [0.5, 0.6) is 40.6 Å². The number of halogens is 8. The minimum Gasteiger partial charge on any atom is -0.507 e. The maximum atomic E-state index is 12.0. The Balaban J connectivity index is 0.000000199. The van der Waals surface area contributed by atoms with Crippen LogP contribution in [0.3, 0.4) is 0 Å². The predicted octanol–water partition coefficient (Wildman–Crippen LogP) is 12.9. The smallest absolute Gasteiger partial charge is 0.490 e. The van der Waals surface area contributed by atoms with Crippen molar-refractivity contribution in [1.82, 2.24) is 39.0 Å². The number of aromatic hydroxyl groups is 1. The number of aliphatic hydroxyl groups excluding tert-OH is 2. The molecule has 5 N–H and O–H groups in total. The van der Waals surface area contributed by atoms with Gasteiger partial charge in [-0.25, -0.2) is 29.9 Å². The highest BCUT2D eigenvalue weighted by molar-refractivity contribution is 9.11. The number of pyridine rings is 4. The van der Waals surface area contributed by atoms with E-state index >= 15 is 0 Å². The lowest BCUT2D eigenvalue weighted by atomic mass is 9.82. The van der Waals surface area contributed by atoms with Crippen molar-refractivity contribution in [1.29, 1.82) is 0 Å². The summed E-state index contributed by atoms with van der Waals surface area (Å²) in [7, 11) is 2.07. The van der Waals surface area contributed by atoms with Gasteiger partial charge in [0.1, 0.15) is 52.5 Å². The van der Waals surface area contributed by atoms with Gasteiger partial charge in [-0.15, -0.1) is 0 Å². The number of rotatable bonds is 14. The molecule has 6 heterocycles. The van der Waals surface area contributed by atoms with E-state index in [1.54, 1.807) is 107 Å². The van der Waals surface area contributed by atoms with Crippen molar-refractivity contribution in [3.63, 3.8) is 0 Å². The zero-order valence-corrected chi connectivity index (χ0v) is 52.8. The van der Waals surface area contributed by atoms with Gasteiger partial charge < -0.3 is 48.7 Å². The van der Waals surface area contributed by atoms with Gasteiger partial charge in [-0.1, -0.05) is 52.5 Å². The first-order valence-electron chi connectivity index (χ1n) is 24.5. The number of hydrogen-bond acceptors (Lipinski definition) is 18. The Labute approximate surface area is 541 Å². The molecule has 29 heteroatoms. The molecular formula is C58H45BBr3Cl4FN8O12. The Morgan fingerprint density at radius 2 is 0.908 bits per heavy atom. The van der Waals surface area contributed by atoms with Gasteiger partial charge in [0.2, 0.25) is 23.6 Å². The van der Waals surface area contributed by atoms with Gasteiger partial charge in [0.25, 0.3) is 0 Å². The minimum absolute atomic E-state index is 0.0118. The fraction of sp³-hybridized carbons (Fsp3) is 0.0690. The molecule has 0 atom stereocenters. The van der Waals surface area contributed by atoms with Gasteiger partial charge in [0.05, 0.1) is 40.3 Å². The molecule has 0 spiro atoms. The predicted molar refractivity (Wildman–Crippen MR) is 336 cm³/mol. The van der Waals surface area contributed by atoms with Gasteiger partial charge in [-0.3, -0.25) is 19.2 Å². The van der Waals surface area contributed by atoms with Crippen LogP contribution in [0.25, 0.3) is 11.3 Å². The molecule has 0 fully saturated rings. The van der Waals surface area contributed by atoms with E-state index in [2.05, 4.69) is 77.7 Å². The number of hydrogen-bond donors (Lipinski definition) is 5. The highest BCUT2D eigenvalue weighted by atomic mass is 79.9.